The number of nitrogens with one attached hydrogen (secondary N) is 1. The number of benzene rings is 2. The molecule has 0 aromatic heterocycles. The highest BCUT2D eigenvalue weighted by Gasteiger charge is 2.56. The van der Waals surface area contributed by atoms with Gasteiger partial charge >= 0.3 is 12.0 Å². The van der Waals surface area contributed by atoms with Gasteiger partial charge in [-0.3, -0.25) is 9.59 Å². The van der Waals surface area contributed by atoms with Gasteiger partial charge in [-0.2, -0.15) is 0 Å². The summed E-state index contributed by atoms with van der Waals surface area (Å²) in [7, 11) is 0. The molecule has 5 rings (SSSR count). The van der Waals surface area contributed by atoms with Gasteiger partial charge in [-0.15, -0.1) is 0 Å². The molecule has 2 atom stereocenters. The van der Waals surface area contributed by atoms with Crippen LogP contribution < -0.4 is 5.32 Å². The van der Waals surface area contributed by atoms with E-state index in [1.165, 1.54) is 4.90 Å². The number of nitrogens with zero attached hydrogens (tertiary/aromatic N) is 3. The summed E-state index contributed by atoms with van der Waals surface area (Å²) in [6.45, 7) is 3.00. The van der Waals surface area contributed by atoms with Crippen molar-refractivity contribution in [3.8, 4) is 0 Å². The van der Waals surface area contributed by atoms with Crippen molar-refractivity contribution in [3.05, 3.63) is 48.0 Å². The average molecular weight is 493 g/mol. The smallest absolute Gasteiger partial charge is 0.327 e. The third-order valence-electron chi connectivity index (χ3n) is 7.84. The summed E-state index contributed by atoms with van der Waals surface area (Å²) in [5.41, 5.74) is 0.965. The Morgan fingerprint density at radius 1 is 0.917 bits per heavy atom. The molecule has 0 saturated carbocycles. The maximum absolute atomic E-state index is 13.1. The molecule has 3 heterocycles. The van der Waals surface area contributed by atoms with Gasteiger partial charge in [0.2, 0.25) is 11.8 Å². The van der Waals surface area contributed by atoms with Crippen molar-refractivity contribution in [2.45, 2.75) is 31.7 Å². The van der Waals surface area contributed by atoms with Crippen molar-refractivity contribution in [1.29, 1.82) is 0 Å². The molecule has 3 fully saturated rings. The normalized spacial score (nSPS) is 23.0. The number of rotatable bonds is 5. The molecule has 3 saturated heterocycles. The maximum atomic E-state index is 13.1. The number of carbonyl (C=O) groups is 4. The number of β-lactam (4-membered cyclic amide) rings is 1. The summed E-state index contributed by atoms with van der Waals surface area (Å²) in [4.78, 5) is 55.1. The molecule has 2 aromatic carbocycles. The Bertz CT molecular complexity index is 1160. The van der Waals surface area contributed by atoms with E-state index in [4.69, 9.17) is 0 Å². The van der Waals surface area contributed by atoms with Crippen molar-refractivity contribution >= 4 is 34.6 Å². The molecule has 3 aliphatic heterocycles. The van der Waals surface area contributed by atoms with Crippen LogP contribution in [0.1, 0.15) is 24.8 Å². The van der Waals surface area contributed by atoms with Gasteiger partial charge in [-0.1, -0.05) is 42.5 Å². The van der Waals surface area contributed by atoms with Crippen LogP contribution in [0.15, 0.2) is 42.5 Å². The van der Waals surface area contributed by atoms with Crippen molar-refractivity contribution < 1.29 is 24.3 Å². The fourth-order valence-corrected chi connectivity index (χ4v) is 5.77. The van der Waals surface area contributed by atoms with Crippen LogP contribution in [0, 0.1) is 11.8 Å². The lowest BCUT2D eigenvalue weighted by molar-refractivity contribution is -0.167. The lowest BCUT2D eigenvalue weighted by Gasteiger charge is -2.47. The van der Waals surface area contributed by atoms with Gasteiger partial charge in [0.1, 0.15) is 0 Å². The predicted octanol–water partition coefficient (Wildman–Crippen LogP) is 1.95. The number of piperazine rings is 1. The van der Waals surface area contributed by atoms with Crippen LogP contribution in [0.5, 0.6) is 0 Å². The zero-order valence-corrected chi connectivity index (χ0v) is 20.3. The van der Waals surface area contributed by atoms with Crippen LogP contribution in [0.2, 0.25) is 0 Å². The summed E-state index contributed by atoms with van der Waals surface area (Å²) in [6, 6.07) is 12.2. The molecule has 190 valence electrons. The van der Waals surface area contributed by atoms with E-state index in [9.17, 15) is 24.3 Å². The van der Waals surface area contributed by atoms with Gasteiger partial charge in [0.15, 0.2) is 6.04 Å². The number of carboxylic acids is 1. The predicted molar refractivity (Wildman–Crippen MR) is 133 cm³/mol. The van der Waals surface area contributed by atoms with E-state index in [-0.39, 0.29) is 31.3 Å². The van der Waals surface area contributed by atoms with E-state index in [0.717, 1.165) is 47.2 Å². The summed E-state index contributed by atoms with van der Waals surface area (Å²) < 4.78 is 0. The summed E-state index contributed by atoms with van der Waals surface area (Å²) in [5.74, 6) is -1.87. The zero-order valence-electron chi connectivity index (χ0n) is 20.3. The van der Waals surface area contributed by atoms with Crippen molar-refractivity contribution in [1.82, 2.24) is 20.0 Å². The van der Waals surface area contributed by atoms with Gasteiger partial charge in [-0.25, -0.2) is 14.5 Å². The first kappa shape index (κ1) is 24.2. The van der Waals surface area contributed by atoms with E-state index in [0.29, 0.717) is 25.4 Å². The van der Waals surface area contributed by atoms with E-state index < -0.39 is 24.0 Å². The number of aliphatic carboxylic acids is 1. The Labute approximate surface area is 210 Å². The number of carboxylic acid groups (broad SMARTS) is 1. The minimum Gasteiger partial charge on any atom is -0.480 e. The van der Waals surface area contributed by atoms with E-state index in [1.807, 2.05) is 42.5 Å². The summed E-state index contributed by atoms with van der Waals surface area (Å²) >= 11 is 0. The second-order valence-corrected chi connectivity index (χ2v) is 9.99. The van der Waals surface area contributed by atoms with Crippen molar-refractivity contribution in [3.63, 3.8) is 0 Å². The van der Waals surface area contributed by atoms with Crippen molar-refractivity contribution in [2.24, 2.45) is 11.8 Å². The highest BCUT2D eigenvalue weighted by molar-refractivity contribution is 6.07. The van der Waals surface area contributed by atoms with Crippen molar-refractivity contribution in [2.75, 3.05) is 39.3 Å². The summed E-state index contributed by atoms with van der Waals surface area (Å²) in [6.07, 6.45) is 2.62. The van der Waals surface area contributed by atoms with Crippen LogP contribution in [-0.4, -0.2) is 88.9 Å². The number of amides is 4. The number of hydrogen-bond acceptors (Lipinski definition) is 5. The molecule has 36 heavy (non-hydrogen) atoms. The number of fused-ring (bicyclic) bond motifs is 1. The summed E-state index contributed by atoms with van der Waals surface area (Å²) in [5, 5.41) is 15.2. The number of piperidine rings is 1. The number of likely N-dealkylation sites (tertiary alicyclic amines) is 1. The van der Waals surface area contributed by atoms with Crippen LogP contribution in [-0.2, 0) is 20.8 Å². The quantitative estimate of drug-likeness (QED) is 0.618. The van der Waals surface area contributed by atoms with Gasteiger partial charge in [0, 0.05) is 26.2 Å². The Kier molecular flexibility index (Phi) is 6.91. The first-order valence-corrected chi connectivity index (χ1v) is 12.7. The van der Waals surface area contributed by atoms with E-state index >= 15 is 0 Å². The van der Waals surface area contributed by atoms with Gasteiger partial charge in [0.05, 0.1) is 12.3 Å². The Hall–Kier alpha value is -3.46. The average Bonchev–Trinajstić information content (AvgIpc) is 2.90. The molecule has 0 radical (unpaired) electrons. The van der Waals surface area contributed by atoms with E-state index in [1.54, 1.807) is 4.90 Å². The Morgan fingerprint density at radius 2 is 1.58 bits per heavy atom. The van der Waals surface area contributed by atoms with Gasteiger partial charge in [0.25, 0.3) is 0 Å². The highest BCUT2D eigenvalue weighted by atomic mass is 16.4. The van der Waals surface area contributed by atoms with E-state index in [2.05, 4.69) is 5.32 Å². The third-order valence-corrected chi connectivity index (χ3v) is 7.84. The van der Waals surface area contributed by atoms with Gasteiger partial charge in [-0.05, 0) is 54.6 Å². The van der Waals surface area contributed by atoms with Crippen LogP contribution in [0.25, 0.3) is 10.8 Å². The fourth-order valence-electron chi connectivity index (χ4n) is 5.77. The second kappa shape index (κ2) is 10.3. The number of imide groups is 1. The zero-order chi connectivity index (χ0) is 25.2. The Morgan fingerprint density at radius 3 is 2.31 bits per heavy atom. The number of carbonyl (C=O) groups excluding carboxylic acids is 3. The van der Waals surface area contributed by atoms with Crippen LogP contribution in [0.3, 0.4) is 0 Å². The fraction of sp³-hybridized carbons (Fsp3) is 0.481. The topological polar surface area (TPSA) is 110 Å². The molecule has 0 aliphatic carbocycles. The molecule has 0 spiro atoms. The lowest BCUT2D eigenvalue weighted by atomic mass is 9.78. The SMILES string of the molecule is O=C(O)[C@@H]1[C@@H](CC2CCNCC2)C(=O)N1C(=O)N1CCN(C(=O)Cc2cccc3ccccc23)CC1. The van der Waals surface area contributed by atoms with Crippen LogP contribution >= 0.6 is 0 Å². The highest BCUT2D eigenvalue weighted by Crippen LogP contribution is 2.35. The van der Waals surface area contributed by atoms with Crippen LogP contribution in [0.4, 0.5) is 4.79 Å². The molecule has 2 N–H and O–H groups in total. The molecule has 2 aromatic rings. The number of hydrogen-bond donors (Lipinski definition) is 2. The van der Waals surface area contributed by atoms with Gasteiger partial charge < -0.3 is 20.2 Å². The molecule has 0 bridgehead atoms. The Balaban J connectivity index is 1.17. The molecule has 9 nitrogen and oxygen atoms in total. The first-order valence-electron chi connectivity index (χ1n) is 12.7. The monoisotopic (exact) mass is 492 g/mol. The second-order valence-electron chi connectivity index (χ2n) is 9.99. The largest absolute Gasteiger partial charge is 0.480 e. The number of urea groups is 1. The molecule has 9 heteroatoms. The third kappa shape index (κ3) is 4.67. The molecular formula is C27H32N4O5. The minimum absolute atomic E-state index is 0.0103. The molecule has 0 unspecified atom stereocenters. The standard InChI is InChI=1S/C27H32N4O5/c32-23(17-20-6-3-5-19-4-1-2-7-21(19)20)29-12-14-30(15-13-29)27(36)31-24(26(34)35)22(25(31)33)16-18-8-10-28-11-9-18/h1-7,18,22,24,28H,8-17H2,(H,34,35)/t22-,24+/m1/s1. The first-order chi connectivity index (χ1) is 17.4. The molecule has 3 aliphatic rings. The molecular weight excluding hydrogens is 460 g/mol. The maximum Gasteiger partial charge on any atom is 0.327 e. The minimum atomic E-state index is -1.13. The molecule has 4 amide bonds. The lowest BCUT2D eigenvalue weighted by Crippen LogP contribution is -2.69.